The van der Waals surface area contributed by atoms with Gasteiger partial charge >= 0.3 is 0 Å². The fraction of sp³-hybridized carbons (Fsp3) is 0.211. The summed E-state index contributed by atoms with van der Waals surface area (Å²) in [5, 5.41) is 4.04. The van der Waals surface area contributed by atoms with E-state index >= 15 is 0 Å². The van der Waals surface area contributed by atoms with Crippen LogP contribution in [-0.4, -0.2) is 23.5 Å². The number of hydrogen-bond acceptors (Lipinski definition) is 5. The molecule has 0 saturated carbocycles. The van der Waals surface area contributed by atoms with Crippen LogP contribution in [0.4, 0.5) is 0 Å². The SMILES string of the molecule is O=C(C1COc2ccccc2O1)N(Cc1ccsc1)Cc1ccco1. The third-order valence-corrected chi connectivity index (χ3v) is 4.71. The average Bonchev–Trinajstić information content (AvgIpc) is 3.34. The molecule has 3 aromatic rings. The zero-order chi connectivity index (χ0) is 17.1. The van der Waals surface area contributed by atoms with E-state index in [1.165, 1.54) is 0 Å². The molecule has 128 valence electrons. The molecule has 0 bridgehead atoms. The van der Waals surface area contributed by atoms with E-state index in [-0.39, 0.29) is 12.5 Å². The summed E-state index contributed by atoms with van der Waals surface area (Å²) in [6, 6.07) is 13.1. The van der Waals surface area contributed by atoms with Gasteiger partial charge in [0.25, 0.3) is 5.91 Å². The van der Waals surface area contributed by atoms with Gasteiger partial charge in [0.2, 0.25) is 6.10 Å². The minimum Gasteiger partial charge on any atom is -0.485 e. The molecule has 0 fully saturated rings. The number of carbonyl (C=O) groups is 1. The van der Waals surface area contributed by atoms with Gasteiger partial charge in [-0.25, -0.2) is 0 Å². The molecule has 1 unspecified atom stereocenters. The van der Waals surface area contributed by atoms with Gasteiger partial charge in [0, 0.05) is 6.54 Å². The molecule has 0 N–H and O–H groups in total. The fourth-order valence-corrected chi connectivity index (χ4v) is 3.41. The average molecular weight is 355 g/mol. The molecule has 1 amide bonds. The van der Waals surface area contributed by atoms with E-state index in [1.807, 2.05) is 53.2 Å². The Kier molecular flexibility index (Phi) is 4.43. The van der Waals surface area contributed by atoms with Gasteiger partial charge in [-0.1, -0.05) is 12.1 Å². The molecule has 0 spiro atoms. The number of ether oxygens (including phenoxy) is 2. The first-order chi connectivity index (χ1) is 12.3. The van der Waals surface area contributed by atoms with Crippen LogP contribution in [0.5, 0.6) is 11.5 Å². The predicted molar refractivity (Wildman–Crippen MR) is 93.6 cm³/mol. The second-order valence-electron chi connectivity index (χ2n) is 5.77. The van der Waals surface area contributed by atoms with Gasteiger partial charge in [-0.3, -0.25) is 4.79 Å². The number of hydrogen-bond donors (Lipinski definition) is 0. The first-order valence-electron chi connectivity index (χ1n) is 8.00. The summed E-state index contributed by atoms with van der Waals surface area (Å²) < 4.78 is 17.0. The second kappa shape index (κ2) is 7.03. The first kappa shape index (κ1) is 15.8. The highest BCUT2D eigenvalue weighted by molar-refractivity contribution is 7.07. The Labute approximate surface area is 149 Å². The molecular formula is C19H17NO4S. The van der Waals surface area contributed by atoms with Crippen LogP contribution >= 0.6 is 11.3 Å². The van der Waals surface area contributed by atoms with Crippen molar-refractivity contribution in [3.05, 3.63) is 70.8 Å². The van der Waals surface area contributed by atoms with Crippen LogP contribution in [0.15, 0.2) is 63.9 Å². The number of para-hydroxylation sites is 2. The van der Waals surface area contributed by atoms with Crippen molar-refractivity contribution >= 4 is 17.2 Å². The Bertz CT molecular complexity index is 793. The summed E-state index contributed by atoms with van der Waals surface area (Å²) in [5.74, 6) is 1.89. The van der Waals surface area contributed by atoms with Crippen molar-refractivity contribution in [3.63, 3.8) is 0 Å². The fourth-order valence-electron chi connectivity index (χ4n) is 2.75. The molecule has 25 heavy (non-hydrogen) atoms. The lowest BCUT2D eigenvalue weighted by Gasteiger charge is -2.30. The van der Waals surface area contributed by atoms with Crippen molar-refractivity contribution in [2.24, 2.45) is 0 Å². The predicted octanol–water partition coefficient (Wildman–Crippen LogP) is 3.71. The quantitative estimate of drug-likeness (QED) is 0.700. The number of carbonyl (C=O) groups excluding carboxylic acids is 1. The van der Waals surface area contributed by atoms with Gasteiger partial charge in [0.15, 0.2) is 11.5 Å². The summed E-state index contributed by atoms with van der Waals surface area (Å²) in [6.45, 7) is 1.10. The van der Waals surface area contributed by atoms with E-state index in [0.29, 0.717) is 24.6 Å². The summed E-state index contributed by atoms with van der Waals surface area (Å²) in [7, 11) is 0. The molecule has 1 atom stereocenters. The lowest BCUT2D eigenvalue weighted by molar-refractivity contribution is -0.142. The standard InChI is InChI=1S/C19H17NO4S/c21-19(18-12-23-16-5-1-2-6-17(16)24-18)20(10-14-7-9-25-13-14)11-15-4-3-8-22-15/h1-9,13,18H,10-12H2. The number of amides is 1. The number of furan rings is 1. The van der Waals surface area contributed by atoms with Crippen LogP contribution in [0.3, 0.4) is 0 Å². The molecule has 5 nitrogen and oxygen atoms in total. The minimum atomic E-state index is -0.663. The molecule has 0 saturated heterocycles. The van der Waals surface area contributed by atoms with E-state index in [2.05, 4.69) is 0 Å². The molecule has 1 aliphatic rings. The maximum absolute atomic E-state index is 13.0. The Balaban J connectivity index is 1.53. The van der Waals surface area contributed by atoms with Crippen LogP contribution in [0.1, 0.15) is 11.3 Å². The van der Waals surface area contributed by atoms with Crippen molar-refractivity contribution in [2.75, 3.05) is 6.61 Å². The van der Waals surface area contributed by atoms with E-state index in [9.17, 15) is 4.79 Å². The number of rotatable bonds is 5. The summed E-state index contributed by atoms with van der Waals surface area (Å²) >= 11 is 1.61. The van der Waals surface area contributed by atoms with Gasteiger partial charge in [-0.05, 0) is 46.7 Å². The lowest BCUT2D eigenvalue weighted by atomic mass is 10.2. The summed E-state index contributed by atoms with van der Waals surface area (Å²) in [5.41, 5.74) is 1.09. The maximum atomic E-state index is 13.0. The van der Waals surface area contributed by atoms with Crippen LogP contribution < -0.4 is 9.47 Å². The zero-order valence-corrected chi connectivity index (χ0v) is 14.3. The van der Waals surface area contributed by atoms with Crippen LogP contribution in [0.2, 0.25) is 0 Å². The number of fused-ring (bicyclic) bond motifs is 1. The summed E-state index contributed by atoms with van der Waals surface area (Å²) in [6.07, 6.45) is 0.947. The third-order valence-electron chi connectivity index (χ3n) is 3.98. The molecule has 1 aliphatic heterocycles. The van der Waals surface area contributed by atoms with Crippen molar-refractivity contribution in [1.29, 1.82) is 0 Å². The minimum absolute atomic E-state index is 0.114. The van der Waals surface area contributed by atoms with E-state index < -0.39 is 6.10 Å². The van der Waals surface area contributed by atoms with Gasteiger partial charge in [-0.15, -0.1) is 0 Å². The lowest BCUT2D eigenvalue weighted by Crippen LogP contribution is -2.45. The molecule has 3 heterocycles. The van der Waals surface area contributed by atoms with E-state index in [0.717, 1.165) is 11.3 Å². The molecule has 1 aromatic carbocycles. The maximum Gasteiger partial charge on any atom is 0.267 e. The Morgan fingerprint density at radius 2 is 2.00 bits per heavy atom. The Morgan fingerprint density at radius 3 is 2.76 bits per heavy atom. The highest BCUT2D eigenvalue weighted by atomic mass is 32.1. The number of benzene rings is 1. The van der Waals surface area contributed by atoms with Crippen LogP contribution in [0, 0.1) is 0 Å². The monoisotopic (exact) mass is 355 g/mol. The second-order valence-corrected chi connectivity index (χ2v) is 6.55. The van der Waals surface area contributed by atoms with Crippen molar-refractivity contribution in [1.82, 2.24) is 4.90 Å². The Hall–Kier alpha value is -2.73. The van der Waals surface area contributed by atoms with E-state index in [1.54, 1.807) is 22.5 Å². The van der Waals surface area contributed by atoms with Crippen molar-refractivity contribution in [2.45, 2.75) is 19.2 Å². The third kappa shape index (κ3) is 3.53. The topological polar surface area (TPSA) is 51.9 Å². The largest absolute Gasteiger partial charge is 0.485 e. The van der Waals surface area contributed by atoms with E-state index in [4.69, 9.17) is 13.9 Å². The molecule has 2 aromatic heterocycles. The van der Waals surface area contributed by atoms with Gasteiger partial charge < -0.3 is 18.8 Å². The normalized spacial score (nSPS) is 15.8. The molecule has 0 radical (unpaired) electrons. The van der Waals surface area contributed by atoms with Crippen LogP contribution in [-0.2, 0) is 17.9 Å². The first-order valence-corrected chi connectivity index (χ1v) is 8.94. The molecule has 4 rings (SSSR count). The van der Waals surface area contributed by atoms with Gasteiger partial charge in [-0.2, -0.15) is 11.3 Å². The van der Waals surface area contributed by atoms with Crippen molar-refractivity contribution in [3.8, 4) is 11.5 Å². The smallest absolute Gasteiger partial charge is 0.267 e. The molecule has 6 heteroatoms. The number of thiophene rings is 1. The van der Waals surface area contributed by atoms with Crippen LogP contribution in [0.25, 0.3) is 0 Å². The van der Waals surface area contributed by atoms with Crippen molar-refractivity contribution < 1.29 is 18.7 Å². The molecular weight excluding hydrogens is 338 g/mol. The van der Waals surface area contributed by atoms with Gasteiger partial charge in [0.05, 0.1) is 12.8 Å². The molecule has 0 aliphatic carbocycles. The Morgan fingerprint density at radius 1 is 1.12 bits per heavy atom. The summed E-state index contributed by atoms with van der Waals surface area (Å²) in [4.78, 5) is 14.8. The number of nitrogens with zero attached hydrogens (tertiary/aromatic N) is 1. The zero-order valence-electron chi connectivity index (χ0n) is 13.5. The highest BCUT2D eigenvalue weighted by Gasteiger charge is 2.31. The highest BCUT2D eigenvalue weighted by Crippen LogP contribution is 2.31. The van der Waals surface area contributed by atoms with Gasteiger partial charge in [0.1, 0.15) is 12.4 Å².